The summed E-state index contributed by atoms with van der Waals surface area (Å²) in [5.41, 5.74) is 7.29. The minimum absolute atomic E-state index is 0.182. The van der Waals surface area contributed by atoms with Crippen LogP contribution in [0.15, 0.2) is 36.7 Å². The average Bonchev–Trinajstić information content (AvgIpc) is 2.44. The molecule has 0 atom stereocenters. The lowest BCUT2D eigenvalue weighted by Crippen LogP contribution is -1.97. The zero-order chi connectivity index (χ0) is 14.1. The Morgan fingerprint density at radius 1 is 1.15 bits per heavy atom. The third-order valence-electron chi connectivity index (χ3n) is 2.81. The summed E-state index contributed by atoms with van der Waals surface area (Å²) < 4.78 is 5.73. The van der Waals surface area contributed by atoms with Crippen LogP contribution in [0.1, 0.15) is 5.69 Å². The van der Waals surface area contributed by atoms with E-state index in [0.29, 0.717) is 5.75 Å². The second kappa shape index (κ2) is 4.94. The summed E-state index contributed by atoms with van der Waals surface area (Å²) in [7, 11) is 0. The van der Waals surface area contributed by atoms with Crippen LogP contribution in [-0.4, -0.2) is 15.0 Å². The number of aryl methyl sites for hydroxylation is 1. The van der Waals surface area contributed by atoms with Crippen molar-refractivity contribution in [2.24, 2.45) is 0 Å². The van der Waals surface area contributed by atoms with Gasteiger partial charge >= 0.3 is 0 Å². The standard InChI is InChI=1S/C14H11ClN4O/c1-8-5-6-9-3-2-4-10(12(9)19-8)20-14-11(15)13(16)17-7-18-14/h2-7H,1H3,(H2,16,17,18). The van der Waals surface area contributed by atoms with Gasteiger partial charge in [0.15, 0.2) is 5.75 Å². The van der Waals surface area contributed by atoms with Gasteiger partial charge in [-0.1, -0.05) is 29.8 Å². The van der Waals surface area contributed by atoms with Crippen LogP contribution in [-0.2, 0) is 0 Å². The van der Waals surface area contributed by atoms with Gasteiger partial charge in [-0.05, 0) is 19.1 Å². The van der Waals surface area contributed by atoms with Gasteiger partial charge in [-0.15, -0.1) is 0 Å². The van der Waals surface area contributed by atoms with Gasteiger partial charge < -0.3 is 10.5 Å². The van der Waals surface area contributed by atoms with E-state index in [1.807, 2.05) is 37.3 Å². The smallest absolute Gasteiger partial charge is 0.243 e. The van der Waals surface area contributed by atoms with Gasteiger partial charge in [-0.2, -0.15) is 4.98 Å². The molecule has 0 spiro atoms. The summed E-state index contributed by atoms with van der Waals surface area (Å²) in [6, 6.07) is 9.59. The maximum absolute atomic E-state index is 6.03. The van der Waals surface area contributed by atoms with Crippen molar-refractivity contribution in [1.29, 1.82) is 0 Å². The molecule has 5 nitrogen and oxygen atoms in total. The molecule has 0 unspecified atom stereocenters. The molecule has 0 amide bonds. The van der Waals surface area contributed by atoms with Crippen LogP contribution in [0.2, 0.25) is 5.02 Å². The predicted molar refractivity (Wildman–Crippen MR) is 78.0 cm³/mol. The average molecular weight is 287 g/mol. The fourth-order valence-corrected chi connectivity index (χ4v) is 1.98. The summed E-state index contributed by atoms with van der Waals surface area (Å²) in [6.45, 7) is 1.92. The summed E-state index contributed by atoms with van der Waals surface area (Å²) in [6.07, 6.45) is 1.31. The Morgan fingerprint density at radius 2 is 2.00 bits per heavy atom. The minimum Gasteiger partial charge on any atom is -0.435 e. The first-order valence-corrected chi connectivity index (χ1v) is 6.33. The number of hydrogen-bond donors (Lipinski definition) is 1. The van der Waals surface area contributed by atoms with E-state index in [2.05, 4.69) is 15.0 Å². The largest absolute Gasteiger partial charge is 0.435 e. The molecule has 0 aliphatic carbocycles. The molecule has 100 valence electrons. The van der Waals surface area contributed by atoms with Crippen LogP contribution in [0.5, 0.6) is 11.6 Å². The number of pyridine rings is 1. The lowest BCUT2D eigenvalue weighted by molar-refractivity contribution is 0.466. The summed E-state index contributed by atoms with van der Waals surface area (Å²) in [4.78, 5) is 12.3. The van der Waals surface area contributed by atoms with Crippen molar-refractivity contribution >= 4 is 28.3 Å². The molecule has 0 radical (unpaired) electrons. The molecule has 0 aliphatic heterocycles. The molecule has 0 bridgehead atoms. The molecule has 2 heterocycles. The number of ether oxygens (including phenoxy) is 1. The van der Waals surface area contributed by atoms with Crippen molar-refractivity contribution in [2.75, 3.05) is 5.73 Å². The van der Waals surface area contributed by atoms with E-state index in [1.54, 1.807) is 0 Å². The van der Waals surface area contributed by atoms with E-state index in [4.69, 9.17) is 22.1 Å². The quantitative estimate of drug-likeness (QED) is 0.782. The minimum atomic E-state index is 0.182. The van der Waals surface area contributed by atoms with Gasteiger partial charge in [0.2, 0.25) is 5.88 Å². The molecule has 3 aromatic rings. The zero-order valence-corrected chi connectivity index (χ0v) is 11.4. The Labute approximate surface area is 120 Å². The van der Waals surface area contributed by atoms with E-state index in [9.17, 15) is 0 Å². The monoisotopic (exact) mass is 286 g/mol. The molecule has 0 saturated heterocycles. The van der Waals surface area contributed by atoms with Crippen LogP contribution >= 0.6 is 11.6 Å². The topological polar surface area (TPSA) is 73.9 Å². The fourth-order valence-electron chi connectivity index (χ4n) is 1.84. The Kier molecular flexibility index (Phi) is 3.12. The predicted octanol–water partition coefficient (Wildman–Crippen LogP) is 3.36. The number of nitrogens with zero attached hydrogens (tertiary/aromatic N) is 3. The first-order valence-electron chi connectivity index (χ1n) is 5.95. The van der Waals surface area contributed by atoms with Crippen molar-refractivity contribution < 1.29 is 4.74 Å². The van der Waals surface area contributed by atoms with E-state index in [-0.39, 0.29) is 16.7 Å². The van der Waals surface area contributed by atoms with Crippen molar-refractivity contribution in [1.82, 2.24) is 15.0 Å². The summed E-state index contributed by atoms with van der Waals surface area (Å²) in [5.74, 6) is 0.974. The third-order valence-corrected chi connectivity index (χ3v) is 3.17. The van der Waals surface area contributed by atoms with Crippen molar-refractivity contribution in [3.8, 4) is 11.6 Å². The number of nitrogen functional groups attached to an aromatic ring is 1. The van der Waals surface area contributed by atoms with E-state index < -0.39 is 0 Å². The van der Waals surface area contributed by atoms with E-state index >= 15 is 0 Å². The van der Waals surface area contributed by atoms with Crippen molar-refractivity contribution in [2.45, 2.75) is 6.92 Å². The number of halogens is 1. The first-order chi connectivity index (χ1) is 9.65. The normalized spacial score (nSPS) is 10.7. The highest BCUT2D eigenvalue weighted by atomic mass is 35.5. The van der Waals surface area contributed by atoms with Crippen molar-refractivity contribution in [3.63, 3.8) is 0 Å². The highest BCUT2D eigenvalue weighted by Gasteiger charge is 2.11. The Hall–Kier alpha value is -2.40. The Morgan fingerprint density at radius 3 is 2.85 bits per heavy atom. The van der Waals surface area contributed by atoms with Gasteiger partial charge in [0, 0.05) is 11.1 Å². The van der Waals surface area contributed by atoms with Crippen molar-refractivity contribution in [3.05, 3.63) is 47.4 Å². The number of para-hydroxylation sites is 1. The van der Waals surface area contributed by atoms with Crippen LogP contribution in [0.3, 0.4) is 0 Å². The molecular formula is C14H11ClN4O. The van der Waals surface area contributed by atoms with E-state index in [1.165, 1.54) is 6.33 Å². The number of hydrogen-bond acceptors (Lipinski definition) is 5. The molecule has 2 aromatic heterocycles. The maximum atomic E-state index is 6.03. The molecule has 2 N–H and O–H groups in total. The number of anilines is 1. The maximum Gasteiger partial charge on any atom is 0.243 e. The molecule has 20 heavy (non-hydrogen) atoms. The van der Waals surface area contributed by atoms with Gasteiger partial charge in [-0.3, -0.25) is 0 Å². The molecule has 0 saturated carbocycles. The number of nitrogens with two attached hydrogens (primary N) is 1. The number of aromatic nitrogens is 3. The SMILES string of the molecule is Cc1ccc2cccc(Oc3ncnc(N)c3Cl)c2n1. The third kappa shape index (κ3) is 2.23. The van der Waals surface area contributed by atoms with E-state index in [0.717, 1.165) is 16.6 Å². The first kappa shape index (κ1) is 12.6. The van der Waals surface area contributed by atoms with Gasteiger partial charge in [0.25, 0.3) is 0 Å². The fraction of sp³-hybridized carbons (Fsp3) is 0.0714. The van der Waals surface area contributed by atoms with Crippen LogP contribution in [0.25, 0.3) is 10.9 Å². The molecular weight excluding hydrogens is 276 g/mol. The van der Waals surface area contributed by atoms with Gasteiger partial charge in [-0.25, -0.2) is 9.97 Å². The summed E-state index contributed by atoms with van der Waals surface area (Å²) in [5, 5.41) is 1.17. The van der Waals surface area contributed by atoms with Crippen LogP contribution in [0, 0.1) is 6.92 Å². The Balaban J connectivity index is 2.11. The Bertz CT molecular complexity index is 791. The molecule has 6 heteroatoms. The van der Waals surface area contributed by atoms with Gasteiger partial charge in [0.05, 0.1) is 0 Å². The highest BCUT2D eigenvalue weighted by Crippen LogP contribution is 2.33. The van der Waals surface area contributed by atoms with Crippen LogP contribution < -0.4 is 10.5 Å². The molecule has 3 rings (SSSR count). The number of fused-ring (bicyclic) bond motifs is 1. The van der Waals surface area contributed by atoms with Crippen LogP contribution in [0.4, 0.5) is 5.82 Å². The number of rotatable bonds is 2. The molecule has 1 aromatic carbocycles. The zero-order valence-electron chi connectivity index (χ0n) is 10.7. The van der Waals surface area contributed by atoms with Gasteiger partial charge in [0.1, 0.15) is 22.7 Å². The molecule has 0 fully saturated rings. The number of benzene rings is 1. The summed E-state index contributed by atoms with van der Waals surface area (Å²) >= 11 is 6.03. The highest BCUT2D eigenvalue weighted by molar-refractivity contribution is 6.34. The molecule has 0 aliphatic rings. The lowest BCUT2D eigenvalue weighted by Gasteiger charge is -2.09. The second-order valence-corrected chi connectivity index (χ2v) is 4.64. The second-order valence-electron chi connectivity index (χ2n) is 4.26. The lowest BCUT2D eigenvalue weighted by atomic mass is 10.2.